The van der Waals surface area contributed by atoms with E-state index in [0.29, 0.717) is 6.61 Å². The molecule has 0 radical (unpaired) electrons. The highest BCUT2D eigenvalue weighted by Crippen LogP contribution is 2.40. The lowest BCUT2D eigenvalue weighted by molar-refractivity contribution is -0.130. The Morgan fingerprint density at radius 3 is 2.27 bits per heavy atom. The van der Waals surface area contributed by atoms with Crippen LogP contribution in [0.4, 0.5) is 0 Å². The van der Waals surface area contributed by atoms with Crippen LogP contribution in [-0.2, 0) is 27.4 Å². The van der Waals surface area contributed by atoms with E-state index in [-0.39, 0.29) is 13.2 Å². The van der Waals surface area contributed by atoms with Crippen LogP contribution in [0, 0.1) is 0 Å². The average molecular weight is 450 g/mol. The summed E-state index contributed by atoms with van der Waals surface area (Å²) in [6.45, 7) is 4.48. The van der Waals surface area contributed by atoms with Crippen molar-refractivity contribution in [2.75, 3.05) is 6.61 Å². The van der Waals surface area contributed by atoms with Crippen molar-refractivity contribution in [1.29, 1.82) is 0 Å². The van der Waals surface area contributed by atoms with Gasteiger partial charge in [0.15, 0.2) is 6.23 Å². The summed E-state index contributed by atoms with van der Waals surface area (Å²) in [5.74, 6) is 0. The first-order valence-corrected chi connectivity index (χ1v) is 10.6. The predicted molar refractivity (Wildman–Crippen MR) is 121 cm³/mol. The molecule has 1 aliphatic rings. The van der Waals surface area contributed by atoms with Gasteiger partial charge in [-0.25, -0.2) is 4.79 Å². The van der Waals surface area contributed by atoms with Crippen molar-refractivity contribution in [2.24, 2.45) is 0 Å². The Bertz CT molecular complexity index is 1180. The molecule has 8 heteroatoms. The summed E-state index contributed by atoms with van der Waals surface area (Å²) in [6.07, 6.45) is -0.389. The van der Waals surface area contributed by atoms with Gasteiger partial charge in [0.1, 0.15) is 17.8 Å². The van der Waals surface area contributed by atoms with Crippen LogP contribution < -0.4 is 11.2 Å². The van der Waals surface area contributed by atoms with Crippen LogP contribution >= 0.6 is 0 Å². The van der Waals surface area contributed by atoms with Crippen molar-refractivity contribution < 1.29 is 19.3 Å². The van der Waals surface area contributed by atoms with E-state index in [0.717, 1.165) is 15.7 Å². The topological polar surface area (TPSA) is 103 Å². The zero-order chi connectivity index (χ0) is 23.3. The number of aliphatic hydroxyl groups is 1. The summed E-state index contributed by atoms with van der Waals surface area (Å²) in [7, 11) is 0. The third kappa shape index (κ3) is 5.04. The van der Waals surface area contributed by atoms with Crippen LogP contribution in [0.3, 0.4) is 0 Å². The summed E-state index contributed by atoms with van der Waals surface area (Å²) < 4.78 is 19.4. The summed E-state index contributed by atoms with van der Waals surface area (Å²) in [5, 5.41) is 11.2. The first kappa shape index (κ1) is 22.9. The molecule has 3 aromatic rings. The van der Waals surface area contributed by atoms with E-state index in [1.807, 2.05) is 60.7 Å². The minimum Gasteiger partial charge on any atom is -0.386 e. The van der Waals surface area contributed by atoms with Crippen LogP contribution in [0.5, 0.6) is 0 Å². The highest BCUT2D eigenvalue weighted by Gasteiger charge is 2.55. The normalized spacial score (nSPS) is 24.6. The highest BCUT2D eigenvalue weighted by molar-refractivity contribution is 5.16. The first-order chi connectivity index (χ1) is 16.0. The Morgan fingerprint density at radius 2 is 1.67 bits per heavy atom. The summed E-state index contributed by atoms with van der Waals surface area (Å²) in [4.78, 5) is 26.0. The third-order valence-corrected chi connectivity index (χ3v) is 5.61. The molecular formula is C25H26N2O6. The number of hydrogen-bond acceptors (Lipinski definition) is 6. The number of hydrogen-bond donors (Lipinski definition) is 2. The van der Waals surface area contributed by atoms with Gasteiger partial charge < -0.3 is 19.3 Å². The van der Waals surface area contributed by atoms with E-state index in [1.54, 1.807) is 0 Å². The fourth-order valence-electron chi connectivity index (χ4n) is 3.89. The SMILES string of the molecule is C=C[C@]1(COCc2ccccc2)O[C@@H](n2ccc(=O)[nH]c2=O)[C@H](O)[C@@H]1OCc1ccccc1. The van der Waals surface area contributed by atoms with Crippen molar-refractivity contribution >= 4 is 0 Å². The van der Waals surface area contributed by atoms with Crippen LogP contribution in [0.15, 0.2) is 95.2 Å². The predicted octanol–water partition coefficient (Wildman–Crippen LogP) is 2.15. The molecule has 0 bridgehead atoms. The number of aromatic amines is 1. The van der Waals surface area contributed by atoms with Crippen LogP contribution in [0.2, 0.25) is 0 Å². The van der Waals surface area contributed by atoms with Gasteiger partial charge >= 0.3 is 5.69 Å². The molecule has 1 aliphatic heterocycles. The maximum Gasteiger partial charge on any atom is 0.330 e. The smallest absolute Gasteiger partial charge is 0.330 e. The van der Waals surface area contributed by atoms with Gasteiger partial charge in [-0.05, 0) is 11.1 Å². The minimum absolute atomic E-state index is 0.0382. The second-order valence-corrected chi connectivity index (χ2v) is 7.87. The number of aromatic nitrogens is 2. The van der Waals surface area contributed by atoms with Crippen molar-refractivity contribution in [1.82, 2.24) is 9.55 Å². The lowest BCUT2D eigenvalue weighted by Crippen LogP contribution is -2.47. The Labute approximate surface area is 190 Å². The number of rotatable bonds is 9. The van der Waals surface area contributed by atoms with Gasteiger partial charge in [-0.2, -0.15) is 0 Å². The lowest BCUT2D eigenvalue weighted by Gasteiger charge is -2.31. The minimum atomic E-state index is -1.23. The molecule has 0 unspecified atom stereocenters. The summed E-state index contributed by atoms with van der Waals surface area (Å²) in [5.41, 5.74) is -0.577. The molecular weight excluding hydrogens is 424 g/mol. The molecule has 172 valence electrons. The highest BCUT2D eigenvalue weighted by atomic mass is 16.6. The van der Waals surface area contributed by atoms with E-state index >= 15 is 0 Å². The molecule has 4 rings (SSSR count). The second kappa shape index (κ2) is 10.1. The van der Waals surface area contributed by atoms with Crippen LogP contribution in [0.25, 0.3) is 0 Å². The van der Waals surface area contributed by atoms with Gasteiger partial charge in [-0.3, -0.25) is 14.3 Å². The standard InChI is InChI=1S/C25H26N2O6/c1-2-25(17-31-15-18-9-5-3-6-10-18)22(32-16-19-11-7-4-8-12-19)21(29)23(33-25)27-14-13-20(28)26-24(27)30/h2-14,21-23,29H,1,15-17H2,(H,26,28,30)/t21-,22+,23-,25-/m1/s1. The van der Waals surface area contributed by atoms with Crippen LogP contribution in [-0.4, -0.2) is 39.1 Å². The van der Waals surface area contributed by atoms with Crippen molar-refractivity contribution in [3.63, 3.8) is 0 Å². The number of nitrogens with zero attached hydrogens (tertiary/aromatic N) is 1. The molecule has 33 heavy (non-hydrogen) atoms. The van der Waals surface area contributed by atoms with Gasteiger partial charge in [0.2, 0.25) is 0 Å². The average Bonchev–Trinajstić information content (AvgIpc) is 3.10. The molecule has 2 N–H and O–H groups in total. The van der Waals surface area contributed by atoms with Gasteiger partial charge in [0, 0.05) is 12.3 Å². The maximum absolute atomic E-state index is 12.4. The summed E-state index contributed by atoms with van der Waals surface area (Å²) >= 11 is 0. The molecule has 2 aromatic carbocycles. The summed E-state index contributed by atoms with van der Waals surface area (Å²) in [6, 6.07) is 20.3. The number of H-pyrrole nitrogens is 1. The van der Waals surface area contributed by atoms with Gasteiger partial charge in [-0.15, -0.1) is 6.58 Å². The molecule has 1 saturated heterocycles. The fraction of sp³-hybridized carbons (Fsp3) is 0.280. The van der Waals surface area contributed by atoms with E-state index in [4.69, 9.17) is 14.2 Å². The molecule has 0 amide bonds. The second-order valence-electron chi connectivity index (χ2n) is 7.87. The first-order valence-electron chi connectivity index (χ1n) is 10.6. The number of aliphatic hydroxyl groups excluding tert-OH is 1. The Hall–Kier alpha value is -3.30. The molecule has 1 fully saturated rings. The van der Waals surface area contributed by atoms with Crippen molar-refractivity contribution in [2.45, 2.75) is 37.3 Å². The van der Waals surface area contributed by atoms with Gasteiger partial charge in [-0.1, -0.05) is 66.7 Å². The molecule has 0 saturated carbocycles. The van der Waals surface area contributed by atoms with Gasteiger partial charge in [0.05, 0.1) is 19.8 Å². The molecule has 0 aliphatic carbocycles. The maximum atomic E-state index is 12.4. The third-order valence-electron chi connectivity index (χ3n) is 5.61. The molecule has 4 atom stereocenters. The zero-order valence-electron chi connectivity index (χ0n) is 18.0. The molecule has 2 heterocycles. The monoisotopic (exact) mass is 450 g/mol. The lowest BCUT2D eigenvalue weighted by atomic mass is 9.95. The molecule has 0 spiro atoms. The number of ether oxygens (including phenoxy) is 3. The Kier molecular flexibility index (Phi) is 7.00. The Morgan fingerprint density at radius 1 is 1.03 bits per heavy atom. The van der Waals surface area contributed by atoms with E-state index < -0.39 is 35.3 Å². The van der Waals surface area contributed by atoms with Crippen molar-refractivity contribution in [3.8, 4) is 0 Å². The van der Waals surface area contributed by atoms with E-state index in [9.17, 15) is 14.7 Å². The quantitative estimate of drug-likeness (QED) is 0.485. The van der Waals surface area contributed by atoms with E-state index in [1.165, 1.54) is 18.3 Å². The Balaban J connectivity index is 1.59. The van der Waals surface area contributed by atoms with Crippen LogP contribution in [0.1, 0.15) is 17.4 Å². The number of benzene rings is 2. The largest absolute Gasteiger partial charge is 0.386 e. The molecule has 8 nitrogen and oxygen atoms in total. The van der Waals surface area contributed by atoms with E-state index in [2.05, 4.69) is 11.6 Å². The van der Waals surface area contributed by atoms with Crippen molar-refractivity contribution in [3.05, 3.63) is 118 Å². The fourth-order valence-corrected chi connectivity index (χ4v) is 3.89. The van der Waals surface area contributed by atoms with Gasteiger partial charge in [0.25, 0.3) is 5.56 Å². The zero-order valence-corrected chi connectivity index (χ0v) is 18.0. The number of nitrogens with one attached hydrogen (secondary N) is 1. The molecule has 1 aromatic heterocycles.